The smallest absolute Gasteiger partial charge is 0.243 e. The van der Waals surface area contributed by atoms with Crippen LogP contribution in [0.1, 0.15) is 24.2 Å². The Labute approximate surface area is 162 Å². The summed E-state index contributed by atoms with van der Waals surface area (Å²) in [5, 5.41) is 3.05. The molecular formula is C21H22N4OS. The van der Waals surface area contributed by atoms with E-state index in [0.717, 1.165) is 49.0 Å². The SMILES string of the molecule is Cn1ccnc1CN1CCC2(CC1)C(=O)N(c1cccs1)c1ccccc12. The number of para-hydroxylation sites is 1. The van der Waals surface area contributed by atoms with E-state index in [2.05, 4.69) is 32.7 Å². The molecule has 1 amide bonds. The number of imidazole rings is 1. The number of rotatable bonds is 3. The quantitative estimate of drug-likeness (QED) is 0.698. The lowest BCUT2D eigenvalue weighted by Crippen LogP contribution is -2.47. The molecule has 0 radical (unpaired) electrons. The van der Waals surface area contributed by atoms with Gasteiger partial charge in [-0.15, -0.1) is 11.3 Å². The van der Waals surface area contributed by atoms with Crippen LogP contribution in [-0.2, 0) is 23.8 Å². The van der Waals surface area contributed by atoms with Gasteiger partial charge in [0.15, 0.2) is 0 Å². The molecule has 2 aromatic heterocycles. The molecule has 4 heterocycles. The van der Waals surface area contributed by atoms with Crippen LogP contribution in [0.5, 0.6) is 0 Å². The fourth-order valence-corrected chi connectivity index (χ4v) is 5.19. The second-order valence-corrected chi connectivity index (χ2v) is 8.35. The number of likely N-dealkylation sites (tertiary alicyclic amines) is 1. The number of carbonyl (C=O) groups excluding carboxylic acids is 1. The zero-order chi connectivity index (χ0) is 18.4. The maximum absolute atomic E-state index is 13.6. The molecule has 1 saturated heterocycles. The van der Waals surface area contributed by atoms with Crippen molar-refractivity contribution in [3.63, 3.8) is 0 Å². The minimum Gasteiger partial charge on any atom is -0.337 e. The number of hydrogen-bond acceptors (Lipinski definition) is 4. The van der Waals surface area contributed by atoms with Gasteiger partial charge in [0, 0.05) is 19.4 Å². The van der Waals surface area contributed by atoms with Crippen LogP contribution in [-0.4, -0.2) is 33.4 Å². The van der Waals surface area contributed by atoms with Gasteiger partial charge in [-0.2, -0.15) is 0 Å². The standard InChI is InChI=1S/C21H22N4OS/c1-23-13-10-22-18(23)15-24-11-8-21(9-12-24)16-5-2-3-6-17(16)25(20(21)26)19-7-4-14-27-19/h2-7,10,13-14H,8-9,11-12,15H2,1H3. The van der Waals surface area contributed by atoms with E-state index < -0.39 is 5.41 Å². The highest BCUT2D eigenvalue weighted by molar-refractivity contribution is 7.14. The average molecular weight is 379 g/mol. The molecule has 1 fully saturated rings. The Morgan fingerprint density at radius 1 is 1.15 bits per heavy atom. The Morgan fingerprint density at radius 3 is 2.67 bits per heavy atom. The second kappa shape index (κ2) is 6.32. The molecule has 3 aromatic rings. The Balaban J connectivity index is 1.43. The molecule has 5 rings (SSSR count). The highest BCUT2D eigenvalue weighted by Crippen LogP contribution is 2.51. The van der Waals surface area contributed by atoms with Gasteiger partial charge in [-0.1, -0.05) is 18.2 Å². The molecule has 1 aromatic carbocycles. The first-order chi connectivity index (χ1) is 13.2. The van der Waals surface area contributed by atoms with Crippen LogP contribution in [0.25, 0.3) is 0 Å². The fraction of sp³-hybridized carbons (Fsp3) is 0.333. The molecular weight excluding hydrogens is 356 g/mol. The molecule has 0 atom stereocenters. The maximum atomic E-state index is 13.6. The van der Waals surface area contributed by atoms with Crippen molar-refractivity contribution < 1.29 is 4.79 Å². The Kier molecular flexibility index (Phi) is 3.91. The van der Waals surface area contributed by atoms with Crippen LogP contribution in [0, 0.1) is 0 Å². The van der Waals surface area contributed by atoms with Gasteiger partial charge in [-0.3, -0.25) is 14.6 Å². The predicted molar refractivity (Wildman–Crippen MR) is 107 cm³/mol. The van der Waals surface area contributed by atoms with Crippen molar-refractivity contribution in [3.05, 3.63) is 65.6 Å². The number of fused-ring (bicyclic) bond motifs is 2. The summed E-state index contributed by atoms with van der Waals surface area (Å²) in [5.74, 6) is 1.31. The van der Waals surface area contributed by atoms with E-state index in [1.54, 1.807) is 11.3 Å². The van der Waals surface area contributed by atoms with E-state index >= 15 is 0 Å². The first kappa shape index (κ1) is 16.7. The molecule has 2 aliphatic rings. The molecule has 1 spiro atoms. The number of aromatic nitrogens is 2. The third-order valence-electron chi connectivity index (χ3n) is 6.00. The van der Waals surface area contributed by atoms with Crippen molar-refractivity contribution in [1.29, 1.82) is 0 Å². The van der Waals surface area contributed by atoms with E-state index in [1.165, 1.54) is 5.56 Å². The van der Waals surface area contributed by atoms with Gasteiger partial charge in [0.25, 0.3) is 0 Å². The lowest BCUT2D eigenvalue weighted by molar-refractivity contribution is -0.124. The van der Waals surface area contributed by atoms with E-state index in [9.17, 15) is 4.79 Å². The van der Waals surface area contributed by atoms with E-state index in [0.29, 0.717) is 0 Å². The maximum Gasteiger partial charge on any atom is 0.243 e. The van der Waals surface area contributed by atoms with Gasteiger partial charge in [0.05, 0.1) is 17.6 Å². The molecule has 138 valence electrons. The number of thiophene rings is 1. The zero-order valence-electron chi connectivity index (χ0n) is 15.3. The third kappa shape index (κ3) is 2.55. The van der Waals surface area contributed by atoms with Gasteiger partial charge in [-0.05, 0) is 55.1 Å². The summed E-state index contributed by atoms with van der Waals surface area (Å²) in [7, 11) is 2.03. The van der Waals surface area contributed by atoms with Crippen molar-refractivity contribution in [2.24, 2.45) is 7.05 Å². The summed E-state index contributed by atoms with van der Waals surface area (Å²) < 4.78 is 2.07. The highest BCUT2D eigenvalue weighted by atomic mass is 32.1. The minimum atomic E-state index is -0.390. The molecule has 27 heavy (non-hydrogen) atoms. The lowest BCUT2D eigenvalue weighted by atomic mass is 9.73. The second-order valence-electron chi connectivity index (χ2n) is 7.42. The zero-order valence-corrected chi connectivity index (χ0v) is 16.2. The number of nitrogens with zero attached hydrogens (tertiary/aromatic N) is 4. The Hall–Kier alpha value is -2.44. The molecule has 6 heteroatoms. The Bertz CT molecular complexity index is 970. The molecule has 0 bridgehead atoms. The molecule has 0 unspecified atom stereocenters. The van der Waals surface area contributed by atoms with Crippen molar-refractivity contribution in [2.45, 2.75) is 24.8 Å². The van der Waals surface area contributed by atoms with E-state index in [-0.39, 0.29) is 5.91 Å². The van der Waals surface area contributed by atoms with E-state index in [1.807, 2.05) is 47.9 Å². The van der Waals surface area contributed by atoms with Crippen molar-refractivity contribution >= 4 is 27.9 Å². The molecule has 2 aliphatic heterocycles. The first-order valence-corrected chi connectivity index (χ1v) is 10.2. The van der Waals surface area contributed by atoms with Gasteiger partial charge >= 0.3 is 0 Å². The monoisotopic (exact) mass is 378 g/mol. The van der Waals surface area contributed by atoms with Crippen LogP contribution in [0.4, 0.5) is 10.7 Å². The number of piperidine rings is 1. The molecule has 0 saturated carbocycles. The summed E-state index contributed by atoms with van der Waals surface area (Å²) in [5.41, 5.74) is 1.86. The number of hydrogen-bond donors (Lipinski definition) is 0. The van der Waals surface area contributed by atoms with Crippen molar-refractivity contribution in [2.75, 3.05) is 18.0 Å². The summed E-state index contributed by atoms with van der Waals surface area (Å²) in [6.07, 6.45) is 5.54. The summed E-state index contributed by atoms with van der Waals surface area (Å²) >= 11 is 1.62. The molecule has 5 nitrogen and oxygen atoms in total. The van der Waals surface area contributed by atoms with E-state index in [4.69, 9.17) is 0 Å². The van der Waals surface area contributed by atoms with Crippen LogP contribution in [0.3, 0.4) is 0 Å². The summed E-state index contributed by atoms with van der Waals surface area (Å²) in [6, 6.07) is 12.4. The number of carbonyl (C=O) groups is 1. The number of benzene rings is 1. The van der Waals surface area contributed by atoms with Gasteiger partial charge < -0.3 is 4.57 Å². The largest absolute Gasteiger partial charge is 0.337 e. The number of anilines is 2. The average Bonchev–Trinajstić information content (AvgIpc) is 3.40. The predicted octanol–water partition coefficient (Wildman–Crippen LogP) is 3.69. The number of amides is 1. The van der Waals surface area contributed by atoms with Crippen molar-refractivity contribution in [1.82, 2.24) is 14.5 Å². The third-order valence-corrected chi connectivity index (χ3v) is 6.85. The Morgan fingerprint density at radius 2 is 1.96 bits per heavy atom. The topological polar surface area (TPSA) is 41.4 Å². The van der Waals surface area contributed by atoms with Crippen LogP contribution in [0.2, 0.25) is 0 Å². The van der Waals surface area contributed by atoms with Gasteiger partial charge in [0.1, 0.15) is 10.8 Å². The summed E-state index contributed by atoms with van der Waals surface area (Å²) in [4.78, 5) is 22.4. The summed E-state index contributed by atoms with van der Waals surface area (Å²) in [6.45, 7) is 2.65. The first-order valence-electron chi connectivity index (χ1n) is 9.35. The highest BCUT2D eigenvalue weighted by Gasteiger charge is 2.52. The molecule has 0 N–H and O–H groups in total. The fourth-order valence-electron chi connectivity index (χ4n) is 4.45. The van der Waals surface area contributed by atoms with Crippen LogP contribution >= 0.6 is 11.3 Å². The lowest BCUT2D eigenvalue weighted by Gasteiger charge is -2.38. The van der Waals surface area contributed by atoms with Gasteiger partial charge in [-0.25, -0.2) is 4.98 Å². The normalized spacial score (nSPS) is 19.0. The van der Waals surface area contributed by atoms with Crippen molar-refractivity contribution in [3.8, 4) is 0 Å². The minimum absolute atomic E-state index is 0.239. The van der Waals surface area contributed by atoms with Gasteiger partial charge in [0.2, 0.25) is 5.91 Å². The number of aryl methyl sites for hydroxylation is 1. The molecule has 0 aliphatic carbocycles. The van der Waals surface area contributed by atoms with Crippen LogP contribution < -0.4 is 4.90 Å². The van der Waals surface area contributed by atoms with Crippen LogP contribution in [0.15, 0.2) is 54.2 Å².